The summed E-state index contributed by atoms with van der Waals surface area (Å²) in [6.07, 6.45) is 1.40. The van der Waals surface area contributed by atoms with E-state index in [2.05, 4.69) is 20.5 Å². The zero-order chi connectivity index (χ0) is 19.5. The predicted molar refractivity (Wildman–Crippen MR) is 113 cm³/mol. The normalized spacial score (nSPS) is 11.2. The number of para-hydroxylation sites is 1. The lowest BCUT2D eigenvalue weighted by atomic mass is 10.2. The first-order valence-corrected chi connectivity index (χ1v) is 9.13. The minimum atomic E-state index is -0.353. The number of anilines is 1. The van der Waals surface area contributed by atoms with Crippen molar-refractivity contribution in [3.8, 4) is 11.4 Å². The largest absolute Gasteiger partial charge is 0.261 e. The van der Waals surface area contributed by atoms with Crippen molar-refractivity contribution < 1.29 is 4.39 Å². The molecule has 0 fully saturated rings. The zero-order valence-corrected chi connectivity index (χ0v) is 15.9. The Morgan fingerprint density at radius 3 is 2.54 bits per heavy atom. The number of halogens is 3. The van der Waals surface area contributed by atoms with Gasteiger partial charge < -0.3 is 0 Å². The molecule has 138 valence electrons. The summed E-state index contributed by atoms with van der Waals surface area (Å²) >= 11 is 12.3. The molecule has 1 N–H and O–H groups in total. The molecule has 4 aromatic rings. The quantitative estimate of drug-likeness (QED) is 0.322. The summed E-state index contributed by atoms with van der Waals surface area (Å²) in [6.45, 7) is 0. The van der Waals surface area contributed by atoms with Crippen LogP contribution < -0.4 is 5.43 Å². The van der Waals surface area contributed by atoms with Crippen LogP contribution in [0.25, 0.3) is 22.3 Å². The number of hydrogen-bond donors (Lipinski definition) is 1. The van der Waals surface area contributed by atoms with Gasteiger partial charge in [-0.3, -0.25) is 5.43 Å². The summed E-state index contributed by atoms with van der Waals surface area (Å²) in [5.74, 6) is 0.567. The van der Waals surface area contributed by atoms with Crippen molar-refractivity contribution in [2.45, 2.75) is 0 Å². The van der Waals surface area contributed by atoms with Crippen LogP contribution in [-0.4, -0.2) is 16.2 Å². The van der Waals surface area contributed by atoms with Crippen LogP contribution in [0.15, 0.2) is 71.8 Å². The Morgan fingerprint density at radius 1 is 0.929 bits per heavy atom. The van der Waals surface area contributed by atoms with Crippen LogP contribution in [0, 0.1) is 5.82 Å². The van der Waals surface area contributed by atoms with Crippen molar-refractivity contribution in [1.82, 2.24) is 9.97 Å². The van der Waals surface area contributed by atoms with Gasteiger partial charge in [0.25, 0.3) is 0 Å². The van der Waals surface area contributed by atoms with Gasteiger partial charge in [0.05, 0.1) is 16.8 Å². The van der Waals surface area contributed by atoms with Gasteiger partial charge in [-0.15, -0.1) is 0 Å². The van der Waals surface area contributed by atoms with E-state index in [0.29, 0.717) is 32.8 Å². The van der Waals surface area contributed by atoms with E-state index >= 15 is 0 Å². The highest BCUT2D eigenvalue weighted by molar-refractivity contribution is 6.36. The molecule has 0 aliphatic heterocycles. The van der Waals surface area contributed by atoms with Gasteiger partial charge in [0.2, 0.25) is 0 Å². The summed E-state index contributed by atoms with van der Waals surface area (Å²) in [5, 5.41) is 5.89. The van der Waals surface area contributed by atoms with Gasteiger partial charge in [-0.1, -0.05) is 53.5 Å². The third kappa shape index (κ3) is 3.81. The third-order valence-corrected chi connectivity index (χ3v) is 4.60. The first-order chi connectivity index (χ1) is 13.6. The molecule has 0 spiro atoms. The van der Waals surface area contributed by atoms with E-state index in [0.717, 1.165) is 10.9 Å². The van der Waals surface area contributed by atoms with E-state index in [1.807, 2.05) is 24.3 Å². The van der Waals surface area contributed by atoms with Gasteiger partial charge in [-0.2, -0.15) is 5.10 Å². The average Bonchev–Trinajstić information content (AvgIpc) is 2.69. The van der Waals surface area contributed by atoms with E-state index in [4.69, 9.17) is 23.2 Å². The lowest BCUT2D eigenvalue weighted by molar-refractivity contribution is 0.626. The standard InChI is InChI=1S/C21H13Cl2FN4/c22-14-9-10-15(17(23)11-14)20-26-19-8-4-2-6-16(19)21(27-20)28-25-12-13-5-1-3-7-18(13)24/h1-12H,(H,26,27,28). The number of rotatable bonds is 4. The second-order valence-corrected chi connectivity index (χ2v) is 6.77. The molecule has 0 radical (unpaired) electrons. The second kappa shape index (κ2) is 7.92. The summed E-state index contributed by atoms with van der Waals surface area (Å²) in [4.78, 5) is 9.14. The highest BCUT2D eigenvalue weighted by Gasteiger charge is 2.12. The highest BCUT2D eigenvalue weighted by atomic mass is 35.5. The van der Waals surface area contributed by atoms with Crippen LogP contribution in [-0.2, 0) is 0 Å². The summed E-state index contributed by atoms with van der Waals surface area (Å²) in [5.41, 5.74) is 4.63. The van der Waals surface area contributed by atoms with E-state index in [1.165, 1.54) is 12.3 Å². The van der Waals surface area contributed by atoms with Gasteiger partial charge in [0.15, 0.2) is 11.6 Å². The fraction of sp³-hybridized carbons (Fsp3) is 0. The Kier molecular flexibility index (Phi) is 5.19. The number of nitrogens with one attached hydrogen (secondary N) is 1. The monoisotopic (exact) mass is 410 g/mol. The molecule has 0 aliphatic rings. The molecule has 0 aliphatic carbocycles. The third-order valence-electron chi connectivity index (χ3n) is 4.05. The molecule has 0 unspecified atom stereocenters. The van der Waals surface area contributed by atoms with Gasteiger partial charge in [-0.25, -0.2) is 14.4 Å². The topological polar surface area (TPSA) is 50.2 Å². The Morgan fingerprint density at radius 2 is 1.71 bits per heavy atom. The number of aromatic nitrogens is 2. The number of hydrogen-bond acceptors (Lipinski definition) is 4. The first kappa shape index (κ1) is 18.3. The van der Waals surface area contributed by atoms with Gasteiger partial charge in [-0.05, 0) is 36.4 Å². The van der Waals surface area contributed by atoms with Crippen LogP contribution in [0.4, 0.5) is 10.2 Å². The SMILES string of the molecule is Fc1ccccc1C=NNc1nc(-c2ccc(Cl)cc2Cl)nc2ccccc12. The van der Waals surface area contributed by atoms with Gasteiger partial charge in [0, 0.05) is 21.5 Å². The van der Waals surface area contributed by atoms with Crippen molar-refractivity contribution in [1.29, 1.82) is 0 Å². The van der Waals surface area contributed by atoms with Crippen molar-refractivity contribution >= 4 is 46.1 Å². The number of benzene rings is 3. The predicted octanol–water partition coefficient (Wildman–Crippen LogP) is 6.19. The molecule has 3 aromatic carbocycles. The Labute approximate surface area is 170 Å². The molecule has 1 heterocycles. The molecule has 7 heteroatoms. The van der Waals surface area contributed by atoms with E-state index < -0.39 is 0 Å². The van der Waals surface area contributed by atoms with Crippen LogP contribution >= 0.6 is 23.2 Å². The summed E-state index contributed by atoms with van der Waals surface area (Å²) in [7, 11) is 0. The number of hydrazone groups is 1. The first-order valence-electron chi connectivity index (χ1n) is 8.37. The molecule has 0 saturated carbocycles. The highest BCUT2D eigenvalue weighted by Crippen LogP contribution is 2.31. The molecular weight excluding hydrogens is 398 g/mol. The molecule has 1 aromatic heterocycles. The maximum absolute atomic E-state index is 13.8. The maximum Gasteiger partial charge on any atom is 0.163 e. The van der Waals surface area contributed by atoms with E-state index in [9.17, 15) is 4.39 Å². The molecule has 28 heavy (non-hydrogen) atoms. The van der Waals surface area contributed by atoms with Crippen LogP contribution in [0.2, 0.25) is 10.0 Å². The molecule has 0 saturated heterocycles. The van der Waals surface area contributed by atoms with Gasteiger partial charge >= 0.3 is 0 Å². The minimum Gasteiger partial charge on any atom is -0.261 e. The second-order valence-electron chi connectivity index (χ2n) is 5.93. The fourth-order valence-corrected chi connectivity index (χ4v) is 3.19. The van der Waals surface area contributed by atoms with Crippen LogP contribution in [0.1, 0.15) is 5.56 Å². The molecule has 0 bridgehead atoms. The fourth-order valence-electron chi connectivity index (χ4n) is 2.70. The van der Waals surface area contributed by atoms with E-state index in [1.54, 1.807) is 36.4 Å². The van der Waals surface area contributed by atoms with Crippen molar-refractivity contribution in [3.05, 3.63) is 88.2 Å². The average molecular weight is 411 g/mol. The number of fused-ring (bicyclic) bond motifs is 1. The minimum absolute atomic E-state index is 0.353. The molecule has 4 nitrogen and oxygen atoms in total. The molecular formula is C21H13Cl2FN4. The Hall–Kier alpha value is -3.02. The van der Waals surface area contributed by atoms with Crippen LogP contribution in [0.3, 0.4) is 0 Å². The summed E-state index contributed by atoms with van der Waals surface area (Å²) in [6, 6.07) is 19.0. The molecule has 0 atom stereocenters. The van der Waals surface area contributed by atoms with Crippen molar-refractivity contribution in [2.75, 3.05) is 5.43 Å². The lowest BCUT2D eigenvalue weighted by Gasteiger charge is -2.09. The molecule has 0 amide bonds. The van der Waals surface area contributed by atoms with Crippen molar-refractivity contribution in [2.24, 2.45) is 5.10 Å². The van der Waals surface area contributed by atoms with Gasteiger partial charge in [0.1, 0.15) is 5.82 Å². The smallest absolute Gasteiger partial charge is 0.163 e. The lowest BCUT2D eigenvalue weighted by Crippen LogP contribution is -2.00. The van der Waals surface area contributed by atoms with Crippen LogP contribution in [0.5, 0.6) is 0 Å². The molecule has 4 rings (SSSR count). The zero-order valence-electron chi connectivity index (χ0n) is 14.4. The maximum atomic E-state index is 13.8. The summed E-state index contributed by atoms with van der Waals surface area (Å²) < 4.78 is 13.8. The van der Waals surface area contributed by atoms with Crippen molar-refractivity contribution in [3.63, 3.8) is 0 Å². The van der Waals surface area contributed by atoms with E-state index in [-0.39, 0.29) is 5.82 Å². The Balaban J connectivity index is 1.75. The number of nitrogens with zero attached hydrogens (tertiary/aromatic N) is 3. The Bertz CT molecular complexity index is 1190.